The predicted molar refractivity (Wildman–Crippen MR) is 132 cm³/mol. The Kier molecular flexibility index (Phi) is 6.79. The van der Waals surface area contributed by atoms with Gasteiger partial charge < -0.3 is 9.88 Å². The molecule has 1 amide bonds. The van der Waals surface area contributed by atoms with Gasteiger partial charge in [0.05, 0.1) is 16.9 Å². The maximum absolute atomic E-state index is 13.5. The molecule has 3 aromatic carbocycles. The SMILES string of the molecule is Cc1ccc(S(=O)(=O)N(CC(=O)NCc2ccc(-n3ccnc3)cc2)c2cccc(C)c2)cc1. The molecule has 0 fully saturated rings. The van der Waals surface area contributed by atoms with Crippen LogP contribution in [0.5, 0.6) is 0 Å². The lowest BCUT2D eigenvalue weighted by Crippen LogP contribution is -2.40. The molecule has 1 N–H and O–H groups in total. The lowest BCUT2D eigenvalue weighted by atomic mass is 10.2. The molecule has 7 nitrogen and oxygen atoms in total. The average Bonchev–Trinajstić information content (AvgIpc) is 3.37. The number of carbonyl (C=O) groups excluding carboxylic acids is 1. The molecule has 0 saturated heterocycles. The molecule has 0 spiro atoms. The van der Waals surface area contributed by atoms with E-state index in [0.717, 1.165) is 26.7 Å². The minimum absolute atomic E-state index is 0.141. The van der Waals surface area contributed by atoms with Crippen LogP contribution in [0, 0.1) is 13.8 Å². The smallest absolute Gasteiger partial charge is 0.264 e. The summed E-state index contributed by atoms with van der Waals surface area (Å²) in [6.07, 6.45) is 5.27. The van der Waals surface area contributed by atoms with Gasteiger partial charge in [-0.05, 0) is 61.4 Å². The second-order valence-electron chi connectivity index (χ2n) is 8.08. The van der Waals surface area contributed by atoms with Gasteiger partial charge in [-0.25, -0.2) is 13.4 Å². The van der Waals surface area contributed by atoms with Crippen molar-refractivity contribution in [1.29, 1.82) is 0 Å². The number of aryl methyl sites for hydroxylation is 2. The van der Waals surface area contributed by atoms with Gasteiger partial charge in [-0.1, -0.05) is 42.0 Å². The van der Waals surface area contributed by atoms with Crippen LogP contribution in [0.1, 0.15) is 16.7 Å². The van der Waals surface area contributed by atoms with Crippen LogP contribution in [-0.2, 0) is 21.4 Å². The highest BCUT2D eigenvalue weighted by Gasteiger charge is 2.27. The summed E-state index contributed by atoms with van der Waals surface area (Å²) in [4.78, 5) is 17.0. The maximum Gasteiger partial charge on any atom is 0.264 e. The fourth-order valence-electron chi connectivity index (χ4n) is 3.52. The zero-order valence-electron chi connectivity index (χ0n) is 19.0. The van der Waals surface area contributed by atoms with Gasteiger partial charge in [0.15, 0.2) is 0 Å². The van der Waals surface area contributed by atoms with Crippen LogP contribution in [0.4, 0.5) is 5.69 Å². The Hall–Kier alpha value is -3.91. The molecule has 1 heterocycles. The van der Waals surface area contributed by atoms with Crippen molar-refractivity contribution >= 4 is 21.6 Å². The maximum atomic E-state index is 13.5. The Labute approximate surface area is 199 Å². The van der Waals surface area contributed by atoms with E-state index in [1.165, 1.54) is 0 Å². The molecule has 0 radical (unpaired) electrons. The molecular weight excluding hydrogens is 448 g/mol. The number of benzene rings is 3. The molecule has 34 heavy (non-hydrogen) atoms. The molecule has 0 aliphatic heterocycles. The fraction of sp³-hybridized carbons (Fsp3) is 0.154. The first-order valence-electron chi connectivity index (χ1n) is 10.8. The number of imidazole rings is 1. The molecule has 0 saturated carbocycles. The number of nitrogens with one attached hydrogen (secondary N) is 1. The van der Waals surface area contributed by atoms with E-state index in [9.17, 15) is 13.2 Å². The molecule has 1 aromatic heterocycles. The Morgan fingerprint density at radius 3 is 2.35 bits per heavy atom. The van der Waals surface area contributed by atoms with E-state index in [1.54, 1.807) is 55.0 Å². The van der Waals surface area contributed by atoms with Crippen LogP contribution in [-0.4, -0.2) is 30.4 Å². The number of hydrogen-bond acceptors (Lipinski definition) is 4. The van der Waals surface area contributed by atoms with Crippen molar-refractivity contribution in [3.05, 3.63) is 108 Å². The molecule has 0 bridgehead atoms. The highest BCUT2D eigenvalue weighted by Crippen LogP contribution is 2.24. The van der Waals surface area contributed by atoms with Crippen molar-refractivity contribution in [3.63, 3.8) is 0 Å². The third-order valence-electron chi connectivity index (χ3n) is 5.41. The van der Waals surface area contributed by atoms with Crippen molar-refractivity contribution in [2.75, 3.05) is 10.8 Å². The first-order valence-corrected chi connectivity index (χ1v) is 12.3. The summed E-state index contributed by atoms with van der Waals surface area (Å²) < 4.78 is 29.9. The van der Waals surface area contributed by atoms with Crippen LogP contribution < -0.4 is 9.62 Å². The van der Waals surface area contributed by atoms with Gasteiger partial charge in [0, 0.05) is 24.6 Å². The van der Waals surface area contributed by atoms with E-state index in [4.69, 9.17) is 0 Å². The van der Waals surface area contributed by atoms with E-state index in [2.05, 4.69) is 10.3 Å². The summed E-state index contributed by atoms with van der Waals surface area (Å²) in [5.74, 6) is -0.393. The number of anilines is 1. The van der Waals surface area contributed by atoms with Crippen molar-refractivity contribution < 1.29 is 13.2 Å². The first kappa shape index (κ1) is 23.3. The molecule has 8 heteroatoms. The molecule has 4 aromatic rings. The van der Waals surface area contributed by atoms with E-state index in [1.807, 2.05) is 54.9 Å². The first-order chi connectivity index (χ1) is 16.3. The quantitative estimate of drug-likeness (QED) is 0.418. The zero-order chi connectivity index (χ0) is 24.1. The predicted octanol–water partition coefficient (Wildman–Crippen LogP) is 4.00. The third-order valence-corrected chi connectivity index (χ3v) is 7.20. The average molecular weight is 475 g/mol. The van der Waals surface area contributed by atoms with Crippen molar-refractivity contribution in [1.82, 2.24) is 14.9 Å². The minimum atomic E-state index is -3.93. The summed E-state index contributed by atoms with van der Waals surface area (Å²) in [6.45, 7) is 3.74. The molecule has 0 aliphatic rings. The number of sulfonamides is 1. The van der Waals surface area contributed by atoms with Crippen LogP contribution in [0.15, 0.2) is 96.4 Å². The van der Waals surface area contributed by atoms with E-state index >= 15 is 0 Å². The van der Waals surface area contributed by atoms with Crippen LogP contribution in [0.3, 0.4) is 0 Å². The summed E-state index contributed by atoms with van der Waals surface area (Å²) in [5, 5.41) is 2.84. The third kappa shape index (κ3) is 5.35. The van der Waals surface area contributed by atoms with Crippen LogP contribution >= 0.6 is 0 Å². The van der Waals surface area contributed by atoms with Gasteiger partial charge >= 0.3 is 0 Å². The Morgan fingerprint density at radius 2 is 1.71 bits per heavy atom. The summed E-state index contributed by atoms with van der Waals surface area (Å²) in [6, 6.07) is 21.4. The van der Waals surface area contributed by atoms with Gasteiger partial charge in [-0.15, -0.1) is 0 Å². The summed E-state index contributed by atoms with van der Waals surface area (Å²) in [5.41, 5.74) is 4.17. The largest absolute Gasteiger partial charge is 0.350 e. The zero-order valence-corrected chi connectivity index (χ0v) is 19.9. The summed E-state index contributed by atoms with van der Waals surface area (Å²) in [7, 11) is -3.93. The molecule has 0 unspecified atom stereocenters. The fourth-order valence-corrected chi connectivity index (χ4v) is 4.93. The van der Waals surface area contributed by atoms with Gasteiger partial charge in [-0.2, -0.15) is 0 Å². The van der Waals surface area contributed by atoms with E-state index in [-0.39, 0.29) is 18.0 Å². The molecule has 0 aliphatic carbocycles. The number of rotatable bonds is 8. The van der Waals surface area contributed by atoms with Crippen LogP contribution in [0.2, 0.25) is 0 Å². The van der Waals surface area contributed by atoms with Crippen molar-refractivity contribution in [2.45, 2.75) is 25.3 Å². The van der Waals surface area contributed by atoms with Crippen molar-refractivity contribution in [3.8, 4) is 5.69 Å². The Balaban J connectivity index is 1.51. The topological polar surface area (TPSA) is 84.3 Å². The standard InChI is InChI=1S/C26H26N4O3S/c1-20-6-12-25(13-7-20)34(32,33)30(24-5-3-4-21(2)16-24)18-26(31)28-17-22-8-10-23(11-9-22)29-15-14-27-19-29/h3-16,19H,17-18H2,1-2H3,(H,28,31). The van der Waals surface area contributed by atoms with Gasteiger partial charge in [0.1, 0.15) is 6.54 Å². The molecule has 174 valence electrons. The molecule has 4 rings (SSSR count). The van der Waals surface area contributed by atoms with E-state index < -0.39 is 15.9 Å². The van der Waals surface area contributed by atoms with Crippen LogP contribution in [0.25, 0.3) is 5.69 Å². The Morgan fingerprint density at radius 1 is 0.971 bits per heavy atom. The number of amides is 1. The van der Waals surface area contributed by atoms with Gasteiger partial charge in [0.25, 0.3) is 10.0 Å². The van der Waals surface area contributed by atoms with E-state index in [0.29, 0.717) is 5.69 Å². The number of carbonyl (C=O) groups is 1. The van der Waals surface area contributed by atoms with Crippen molar-refractivity contribution in [2.24, 2.45) is 0 Å². The Bertz CT molecular complexity index is 1360. The highest BCUT2D eigenvalue weighted by molar-refractivity contribution is 7.92. The summed E-state index contributed by atoms with van der Waals surface area (Å²) >= 11 is 0. The normalized spacial score (nSPS) is 11.2. The lowest BCUT2D eigenvalue weighted by Gasteiger charge is -2.24. The molecule has 0 atom stereocenters. The number of nitrogens with zero attached hydrogens (tertiary/aromatic N) is 3. The second kappa shape index (κ2) is 9.93. The lowest BCUT2D eigenvalue weighted by molar-refractivity contribution is -0.119. The molecular formula is C26H26N4O3S. The monoisotopic (exact) mass is 474 g/mol. The minimum Gasteiger partial charge on any atom is -0.350 e. The second-order valence-corrected chi connectivity index (χ2v) is 9.94. The van der Waals surface area contributed by atoms with Gasteiger partial charge in [0.2, 0.25) is 5.91 Å². The number of hydrogen-bond donors (Lipinski definition) is 1. The number of aromatic nitrogens is 2. The van der Waals surface area contributed by atoms with Gasteiger partial charge in [-0.3, -0.25) is 9.10 Å². The highest BCUT2D eigenvalue weighted by atomic mass is 32.2.